The number of nitrogens with zero attached hydrogens (tertiary/aromatic N) is 1. The van der Waals surface area contributed by atoms with E-state index in [2.05, 4.69) is 15.3 Å². The lowest BCUT2D eigenvalue weighted by Crippen LogP contribution is -2.20. The molecule has 2 aromatic heterocycles. The Morgan fingerprint density at radius 3 is 2.81 bits per heavy atom. The summed E-state index contributed by atoms with van der Waals surface area (Å²) in [7, 11) is 0. The van der Waals surface area contributed by atoms with Gasteiger partial charge >= 0.3 is 0 Å². The summed E-state index contributed by atoms with van der Waals surface area (Å²) in [4.78, 5) is 44.1. The van der Waals surface area contributed by atoms with Crippen LogP contribution >= 0.6 is 23.1 Å². The fraction of sp³-hybridized carbons (Fsp3) is 0.444. The van der Waals surface area contributed by atoms with E-state index in [1.54, 1.807) is 0 Å². The number of primary amides is 1. The summed E-state index contributed by atoms with van der Waals surface area (Å²) < 4.78 is 0. The summed E-state index contributed by atoms with van der Waals surface area (Å²) in [5.74, 6) is -0.576. The van der Waals surface area contributed by atoms with E-state index in [1.807, 2.05) is 13.8 Å². The number of hydrogen-bond acceptors (Lipinski definition) is 6. The number of H-pyrrole nitrogens is 1. The van der Waals surface area contributed by atoms with Gasteiger partial charge in [0.15, 0.2) is 5.16 Å². The Bertz CT molecular complexity index is 933. The van der Waals surface area contributed by atoms with Crippen molar-refractivity contribution in [2.75, 3.05) is 11.1 Å². The first-order chi connectivity index (χ1) is 12.8. The monoisotopic (exact) mass is 406 g/mol. The van der Waals surface area contributed by atoms with Crippen molar-refractivity contribution in [2.45, 2.75) is 50.6 Å². The molecule has 1 aliphatic carbocycles. The van der Waals surface area contributed by atoms with Gasteiger partial charge in [-0.3, -0.25) is 14.4 Å². The molecule has 0 spiro atoms. The van der Waals surface area contributed by atoms with E-state index in [0.717, 1.165) is 47.9 Å². The molecule has 1 aliphatic rings. The van der Waals surface area contributed by atoms with Gasteiger partial charge in [-0.05, 0) is 37.2 Å². The second kappa shape index (κ2) is 8.26. The normalized spacial score (nSPS) is 13.4. The van der Waals surface area contributed by atoms with Crippen molar-refractivity contribution in [3.8, 4) is 0 Å². The molecule has 9 heteroatoms. The number of aryl methyl sites for hydroxylation is 1. The van der Waals surface area contributed by atoms with Gasteiger partial charge in [-0.2, -0.15) is 0 Å². The number of aromatic nitrogens is 2. The zero-order chi connectivity index (χ0) is 19.6. The summed E-state index contributed by atoms with van der Waals surface area (Å²) in [6, 6.07) is 1.46. The lowest BCUT2D eigenvalue weighted by molar-refractivity contribution is -0.113. The molecule has 2 aromatic rings. The maximum absolute atomic E-state index is 12.4. The second-order valence-corrected chi connectivity index (χ2v) is 8.82. The molecule has 3 rings (SSSR count). The van der Waals surface area contributed by atoms with E-state index in [-0.39, 0.29) is 23.1 Å². The maximum Gasteiger partial charge on any atom is 0.251 e. The first kappa shape index (κ1) is 19.6. The molecular weight excluding hydrogens is 384 g/mol. The third-order valence-electron chi connectivity index (χ3n) is 4.34. The van der Waals surface area contributed by atoms with Gasteiger partial charge in [0, 0.05) is 10.9 Å². The predicted molar refractivity (Wildman–Crippen MR) is 108 cm³/mol. The highest BCUT2D eigenvalue weighted by molar-refractivity contribution is 7.99. The Labute approximate surface area is 165 Å². The van der Waals surface area contributed by atoms with Gasteiger partial charge in [0.2, 0.25) is 5.91 Å². The van der Waals surface area contributed by atoms with E-state index >= 15 is 0 Å². The van der Waals surface area contributed by atoms with Crippen molar-refractivity contribution in [2.24, 2.45) is 5.73 Å². The molecular formula is C18H22N4O3S2. The van der Waals surface area contributed by atoms with Gasteiger partial charge < -0.3 is 16.0 Å². The number of anilines is 1. The zero-order valence-corrected chi connectivity index (χ0v) is 16.9. The van der Waals surface area contributed by atoms with Crippen molar-refractivity contribution in [3.05, 3.63) is 38.1 Å². The smallest absolute Gasteiger partial charge is 0.251 e. The maximum atomic E-state index is 12.4. The molecule has 0 saturated heterocycles. The summed E-state index contributed by atoms with van der Waals surface area (Å²) in [6.45, 7) is 3.90. The topological polar surface area (TPSA) is 118 Å². The second-order valence-electron chi connectivity index (χ2n) is 6.75. The third kappa shape index (κ3) is 4.59. The van der Waals surface area contributed by atoms with Crippen LogP contribution in [0.25, 0.3) is 0 Å². The Kier molecular flexibility index (Phi) is 6.01. The Morgan fingerprint density at radius 2 is 2.11 bits per heavy atom. The van der Waals surface area contributed by atoms with E-state index < -0.39 is 5.91 Å². The number of amides is 2. The third-order valence-corrected chi connectivity index (χ3v) is 6.42. The minimum atomic E-state index is -0.506. The number of carbonyl (C=O) groups is 2. The van der Waals surface area contributed by atoms with Gasteiger partial charge in [-0.15, -0.1) is 11.3 Å². The first-order valence-electron chi connectivity index (χ1n) is 8.83. The van der Waals surface area contributed by atoms with Gasteiger partial charge in [0.05, 0.1) is 17.0 Å². The van der Waals surface area contributed by atoms with Crippen molar-refractivity contribution in [1.82, 2.24) is 9.97 Å². The van der Waals surface area contributed by atoms with Gasteiger partial charge in [-0.1, -0.05) is 25.6 Å². The fourth-order valence-electron chi connectivity index (χ4n) is 3.03. The molecule has 27 heavy (non-hydrogen) atoms. The number of fused-ring (bicyclic) bond motifs is 1. The van der Waals surface area contributed by atoms with E-state index in [0.29, 0.717) is 21.4 Å². The van der Waals surface area contributed by atoms with Crippen molar-refractivity contribution >= 4 is 39.9 Å². The van der Waals surface area contributed by atoms with Crippen LogP contribution in [0.4, 0.5) is 5.00 Å². The average Bonchev–Trinajstić information content (AvgIpc) is 2.97. The van der Waals surface area contributed by atoms with Crippen LogP contribution in [-0.2, 0) is 17.6 Å². The number of thiophene rings is 1. The van der Waals surface area contributed by atoms with Crippen LogP contribution < -0.4 is 16.6 Å². The van der Waals surface area contributed by atoms with Crippen molar-refractivity contribution in [1.29, 1.82) is 0 Å². The van der Waals surface area contributed by atoms with E-state index in [4.69, 9.17) is 5.73 Å². The number of nitrogens with one attached hydrogen (secondary N) is 2. The largest absolute Gasteiger partial charge is 0.365 e. The number of carbonyl (C=O) groups excluding carboxylic acids is 2. The summed E-state index contributed by atoms with van der Waals surface area (Å²) in [5.41, 5.74) is 7.42. The molecule has 2 heterocycles. The lowest BCUT2D eigenvalue weighted by atomic mass is 9.95. The SMILES string of the molecule is CC(C)c1cc(=O)[nH]c(SCC(=O)Nc2sc3c(c2C(N)=O)CCCC3)n1. The van der Waals surface area contributed by atoms with Crippen LogP contribution in [0.15, 0.2) is 16.0 Å². The number of thioether (sulfide) groups is 1. The molecule has 0 bridgehead atoms. The predicted octanol–water partition coefficient (Wildman–Crippen LogP) is 2.66. The van der Waals surface area contributed by atoms with E-state index in [1.165, 1.54) is 17.4 Å². The highest BCUT2D eigenvalue weighted by Gasteiger charge is 2.25. The standard InChI is InChI=1S/C18H22N4O3S2/c1-9(2)11-7-13(23)22-18(20-11)26-8-14(24)21-17-15(16(19)25)10-5-3-4-6-12(10)27-17/h7,9H,3-6,8H2,1-2H3,(H2,19,25)(H,21,24)(H,20,22,23). The van der Waals surface area contributed by atoms with Crippen LogP contribution in [0.2, 0.25) is 0 Å². The minimum Gasteiger partial charge on any atom is -0.365 e. The number of nitrogens with two attached hydrogens (primary N) is 1. The zero-order valence-electron chi connectivity index (χ0n) is 15.3. The lowest BCUT2D eigenvalue weighted by Gasteiger charge is -2.11. The Hall–Kier alpha value is -2.13. The molecule has 144 valence electrons. The molecule has 4 N–H and O–H groups in total. The van der Waals surface area contributed by atoms with Crippen LogP contribution in [0.3, 0.4) is 0 Å². The van der Waals surface area contributed by atoms with E-state index in [9.17, 15) is 14.4 Å². The number of hydrogen-bond donors (Lipinski definition) is 3. The van der Waals surface area contributed by atoms with Crippen LogP contribution in [-0.4, -0.2) is 27.5 Å². The summed E-state index contributed by atoms with van der Waals surface area (Å²) in [6.07, 6.45) is 3.85. The van der Waals surface area contributed by atoms with Gasteiger partial charge in [0.25, 0.3) is 11.5 Å². The fourth-order valence-corrected chi connectivity index (χ4v) is 5.02. The van der Waals surface area contributed by atoms with Crippen molar-refractivity contribution in [3.63, 3.8) is 0 Å². The van der Waals surface area contributed by atoms with Gasteiger partial charge in [0.1, 0.15) is 5.00 Å². The average molecular weight is 407 g/mol. The summed E-state index contributed by atoms with van der Waals surface area (Å²) in [5, 5.41) is 3.74. The Morgan fingerprint density at radius 1 is 1.37 bits per heavy atom. The molecule has 0 fully saturated rings. The molecule has 0 aliphatic heterocycles. The molecule has 0 radical (unpaired) electrons. The minimum absolute atomic E-state index is 0.0747. The molecule has 7 nitrogen and oxygen atoms in total. The molecule has 0 unspecified atom stereocenters. The highest BCUT2D eigenvalue weighted by atomic mass is 32.2. The molecule has 0 saturated carbocycles. The molecule has 2 amide bonds. The first-order valence-corrected chi connectivity index (χ1v) is 10.6. The van der Waals surface area contributed by atoms with Crippen LogP contribution in [0.1, 0.15) is 59.1 Å². The Balaban J connectivity index is 1.71. The van der Waals surface area contributed by atoms with Crippen molar-refractivity contribution < 1.29 is 9.59 Å². The quantitative estimate of drug-likeness (QED) is 0.503. The number of rotatable bonds is 6. The summed E-state index contributed by atoms with van der Waals surface area (Å²) >= 11 is 2.59. The number of aromatic amines is 1. The highest BCUT2D eigenvalue weighted by Crippen LogP contribution is 2.38. The van der Waals surface area contributed by atoms with Crippen LogP contribution in [0.5, 0.6) is 0 Å². The van der Waals surface area contributed by atoms with Crippen LogP contribution in [0, 0.1) is 0 Å². The molecule has 0 atom stereocenters. The molecule has 0 aromatic carbocycles. The van der Waals surface area contributed by atoms with Gasteiger partial charge in [-0.25, -0.2) is 4.98 Å².